The smallest absolute Gasteiger partial charge is 0.128 e. The van der Waals surface area contributed by atoms with Crippen LogP contribution in [-0.4, -0.2) is 6.54 Å². The van der Waals surface area contributed by atoms with Crippen molar-refractivity contribution < 1.29 is 4.39 Å². The fourth-order valence-corrected chi connectivity index (χ4v) is 2.90. The number of nitrogens with one attached hydrogen (secondary N) is 1. The monoisotopic (exact) mass is 249 g/mol. The van der Waals surface area contributed by atoms with Crippen LogP contribution in [0.3, 0.4) is 0 Å². The van der Waals surface area contributed by atoms with Crippen molar-refractivity contribution in [2.75, 3.05) is 6.54 Å². The minimum absolute atomic E-state index is 0.0415. The second kappa shape index (κ2) is 5.40. The van der Waals surface area contributed by atoms with E-state index in [1.54, 1.807) is 6.07 Å². The Morgan fingerprint density at radius 3 is 2.56 bits per heavy atom. The van der Waals surface area contributed by atoms with E-state index >= 15 is 0 Å². The lowest BCUT2D eigenvalue weighted by molar-refractivity contribution is 0.440. The van der Waals surface area contributed by atoms with Gasteiger partial charge in [-0.25, -0.2) is 4.39 Å². The van der Waals surface area contributed by atoms with Gasteiger partial charge in [-0.2, -0.15) is 0 Å². The first kappa shape index (κ1) is 13.5. The van der Waals surface area contributed by atoms with Crippen LogP contribution < -0.4 is 5.32 Å². The molecule has 1 aromatic carbocycles. The molecule has 1 N–H and O–H groups in total. The number of hydrogen-bond donors (Lipinski definition) is 1. The molecule has 1 saturated carbocycles. The van der Waals surface area contributed by atoms with Crippen molar-refractivity contribution in [3.63, 3.8) is 0 Å². The Kier molecular flexibility index (Phi) is 4.06. The van der Waals surface area contributed by atoms with Crippen LogP contribution in [0.2, 0.25) is 0 Å². The minimum atomic E-state index is -0.0415. The average Bonchev–Trinajstić information content (AvgIpc) is 2.99. The van der Waals surface area contributed by atoms with Crippen molar-refractivity contribution >= 4 is 0 Å². The maximum atomic E-state index is 14.3. The molecule has 1 aliphatic carbocycles. The molecule has 1 aliphatic rings. The maximum Gasteiger partial charge on any atom is 0.128 e. The predicted octanol–water partition coefficient (Wildman–Crippen LogP) is 4.14. The van der Waals surface area contributed by atoms with Gasteiger partial charge in [0.2, 0.25) is 0 Å². The highest BCUT2D eigenvalue weighted by atomic mass is 19.1. The van der Waals surface area contributed by atoms with Crippen LogP contribution in [0.4, 0.5) is 4.39 Å². The third kappa shape index (κ3) is 2.74. The van der Waals surface area contributed by atoms with Gasteiger partial charge in [0.15, 0.2) is 0 Å². The Balaban J connectivity index is 2.30. The summed E-state index contributed by atoms with van der Waals surface area (Å²) in [6, 6.07) is 3.95. The number of hydrogen-bond acceptors (Lipinski definition) is 1. The van der Waals surface area contributed by atoms with E-state index < -0.39 is 0 Å². The highest BCUT2D eigenvalue weighted by Crippen LogP contribution is 2.48. The lowest BCUT2D eigenvalue weighted by atomic mass is 9.94. The molecule has 0 saturated heterocycles. The summed E-state index contributed by atoms with van der Waals surface area (Å²) in [6.07, 6.45) is 2.30. The van der Waals surface area contributed by atoms with Gasteiger partial charge in [0.25, 0.3) is 0 Å². The topological polar surface area (TPSA) is 12.0 Å². The van der Waals surface area contributed by atoms with E-state index in [0.717, 1.165) is 35.6 Å². The molecule has 18 heavy (non-hydrogen) atoms. The summed E-state index contributed by atoms with van der Waals surface area (Å²) >= 11 is 0. The van der Waals surface area contributed by atoms with E-state index in [1.807, 2.05) is 13.8 Å². The summed E-state index contributed by atoms with van der Waals surface area (Å²) in [5.74, 6) is 1.28. The summed E-state index contributed by atoms with van der Waals surface area (Å²) in [5.41, 5.74) is 2.98. The van der Waals surface area contributed by atoms with Gasteiger partial charge in [-0.3, -0.25) is 0 Å². The first-order valence-corrected chi connectivity index (χ1v) is 7.04. The zero-order chi connectivity index (χ0) is 13.3. The fraction of sp³-hybridized carbons (Fsp3) is 0.625. The second-order valence-corrected chi connectivity index (χ2v) is 5.79. The van der Waals surface area contributed by atoms with Gasteiger partial charge in [-0.15, -0.1) is 0 Å². The summed E-state index contributed by atoms with van der Waals surface area (Å²) in [7, 11) is 0. The van der Waals surface area contributed by atoms with E-state index in [2.05, 4.69) is 25.2 Å². The molecule has 3 unspecified atom stereocenters. The van der Waals surface area contributed by atoms with Gasteiger partial charge in [0, 0.05) is 11.6 Å². The van der Waals surface area contributed by atoms with Crippen LogP contribution in [0.15, 0.2) is 12.1 Å². The van der Waals surface area contributed by atoms with Crippen molar-refractivity contribution in [2.45, 2.75) is 46.6 Å². The van der Waals surface area contributed by atoms with Crippen molar-refractivity contribution in [2.24, 2.45) is 11.8 Å². The van der Waals surface area contributed by atoms with Crippen molar-refractivity contribution in [1.82, 2.24) is 5.32 Å². The lowest BCUT2D eigenvalue weighted by Gasteiger charge is -2.22. The summed E-state index contributed by atoms with van der Waals surface area (Å²) in [5, 5.41) is 3.54. The van der Waals surface area contributed by atoms with Crippen LogP contribution in [0, 0.1) is 31.5 Å². The van der Waals surface area contributed by atoms with Gasteiger partial charge >= 0.3 is 0 Å². The van der Waals surface area contributed by atoms with E-state index in [0.29, 0.717) is 5.92 Å². The highest BCUT2D eigenvalue weighted by molar-refractivity contribution is 5.35. The van der Waals surface area contributed by atoms with Crippen molar-refractivity contribution in [3.8, 4) is 0 Å². The Morgan fingerprint density at radius 1 is 1.39 bits per heavy atom. The zero-order valence-corrected chi connectivity index (χ0v) is 11.9. The van der Waals surface area contributed by atoms with E-state index in [4.69, 9.17) is 0 Å². The number of aryl methyl sites for hydroxylation is 2. The van der Waals surface area contributed by atoms with Gasteiger partial charge < -0.3 is 5.32 Å². The van der Waals surface area contributed by atoms with E-state index in [-0.39, 0.29) is 11.9 Å². The third-order valence-electron chi connectivity index (χ3n) is 4.01. The highest BCUT2D eigenvalue weighted by Gasteiger charge is 2.41. The Labute approximate surface area is 110 Å². The van der Waals surface area contributed by atoms with E-state index in [9.17, 15) is 4.39 Å². The van der Waals surface area contributed by atoms with Crippen molar-refractivity contribution in [1.29, 1.82) is 0 Å². The minimum Gasteiger partial charge on any atom is -0.310 e. The summed E-state index contributed by atoms with van der Waals surface area (Å²) in [6.45, 7) is 9.35. The quantitative estimate of drug-likeness (QED) is 0.827. The molecule has 2 heteroatoms. The predicted molar refractivity (Wildman–Crippen MR) is 74.2 cm³/mol. The van der Waals surface area contributed by atoms with Crippen LogP contribution >= 0.6 is 0 Å². The van der Waals surface area contributed by atoms with Gasteiger partial charge in [-0.1, -0.05) is 19.9 Å². The standard InChI is InChI=1S/C16H24FN/c1-5-6-18-16(13-9-11(13)3)15-12(4)7-10(2)8-14(15)17/h7-8,11,13,16,18H,5-6,9H2,1-4H3. The van der Waals surface area contributed by atoms with Gasteiger partial charge in [0.1, 0.15) is 5.82 Å². The molecule has 0 aromatic heterocycles. The lowest BCUT2D eigenvalue weighted by Crippen LogP contribution is -2.26. The van der Waals surface area contributed by atoms with Crippen LogP contribution in [0.25, 0.3) is 0 Å². The molecule has 0 heterocycles. The summed E-state index contributed by atoms with van der Waals surface area (Å²) < 4.78 is 14.3. The van der Waals surface area contributed by atoms with Gasteiger partial charge in [-0.05, 0) is 62.3 Å². The molecule has 0 radical (unpaired) electrons. The molecule has 100 valence electrons. The molecule has 0 spiro atoms. The first-order chi connectivity index (χ1) is 8.54. The largest absolute Gasteiger partial charge is 0.310 e. The van der Waals surface area contributed by atoms with Crippen molar-refractivity contribution in [3.05, 3.63) is 34.6 Å². The molecule has 3 atom stereocenters. The van der Waals surface area contributed by atoms with Gasteiger partial charge in [0.05, 0.1) is 0 Å². The fourth-order valence-electron chi connectivity index (χ4n) is 2.90. The zero-order valence-electron chi connectivity index (χ0n) is 11.9. The molecular weight excluding hydrogens is 225 g/mol. The van der Waals surface area contributed by atoms with Crippen LogP contribution in [-0.2, 0) is 0 Å². The second-order valence-electron chi connectivity index (χ2n) is 5.79. The SMILES string of the molecule is CCCNC(c1c(C)cc(C)cc1F)C1CC1C. The van der Waals surface area contributed by atoms with Crippen LogP contribution in [0.5, 0.6) is 0 Å². The average molecular weight is 249 g/mol. The summed E-state index contributed by atoms with van der Waals surface area (Å²) in [4.78, 5) is 0. The number of halogens is 1. The molecule has 2 rings (SSSR count). The molecule has 0 aliphatic heterocycles. The molecular formula is C16H24FN. The Hall–Kier alpha value is -0.890. The molecule has 0 bridgehead atoms. The number of benzene rings is 1. The Morgan fingerprint density at radius 2 is 2.06 bits per heavy atom. The molecule has 1 fully saturated rings. The molecule has 1 nitrogen and oxygen atoms in total. The Bertz CT molecular complexity index is 404. The van der Waals surface area contributed by atoms with Crippen LogP contribution in [0.1, 0.15) is 49.4 Å². The molecule has 1 aromatic rings. The van der Waals surface area contributed by atoms with E-state index in [1.165, 1.54) is 6.42 Å². The molecule has 0 amide bonds. The first-order valence-electron chi connectivity index (χ1n) is 7.04. The number of rotatable bonds is 5. The third-order valence-corrected chi connectivity index (χ3v) is 4.01. The maximum absolute atomic E-state index is 14.3. The normalized spacial score (nSPS) is 24.1.